The number of rotatable bonds is 4. The van der Waals surface area contributed by atoms with E-state index in [9.17, 15) is 4.57 Å². The van der Waals surface area contributed by atoms with Crippen molar-refractivity contribution in [1.29, 1.82) is 0 Å². The second kappa shape index (κ2) is 4.09. The van der Waals surface area contributed by atoms with E-state index in [1.54, 1.807) is 6.92 Å². The highest BCUT2D eigenvalue weighted by Crippen LogP contribution is 2.38. The Morgan fingerprint density at radius 2 is 2.30 bits per heavy atom. The minimum Gasteiger partial charge on any atom is -0.330 e. The Labute approximate surface area is 60.9 Å². The first-order valence-corrected chi connectivity index (χ1v) is 5.17. The van der Waals surface area contributed by atoms with Gasteiger partial charge in [0.15, 0.2) is 0 Å². The third-order valence-electron chi connectivity index (χ3n) is 0.949. The normalized spacial score (nSPS) is 20.0. The Balaban J connectivity index is 3.58. The van der Waals surface area contributed by atoms with E-state index in [0.29, 0.717) is 13.0 Å². The van der Waals surface area contributed by atoms with Gasteiger partial charge in [-0.3, -0.25) is 4.57 Å². The molecule has 0 fully saturated rings. The van der Waals surface area contributed by atoms with Crippen LogP contribution >= 0.6 is 7.60 Å². The summed E-state index contributed by atoms with van der Waals surface area (Å²) < 4.78 is 15.3. The first kappa shape index (κ1) is 10.1. The zero-order chi connectivity index (χ0) is 8.20. The van der Waals surface area contributed by atoms with Gasteiger partial charge in [0.25, 0.3) is 0 Å². The minimum absolute atomic E-state index is 0.231. The monoisotopic (exact) mass is 167 g/mol. The zero-order valence-corrected chi connectivity index (χ0v) is 7.17. The molecule has 2 unspecified atom stereocenters. The number of nitrogens with two attached hydrogens (primary N) is 1. The van der Waals surface area contributed by atoms with Crippen LogP contribution in [-0.2, 0) is 9.09 Å². The smallest absolute Gasteiger partial charge is 0.325 e. The molecule has 0 radical (unpaired) electrons. The molecule has 0 saturated carbocycles. The van der Waals surface area contributed by atoms with E-state index < -0.39 is 7.60 Å². The van der Waals surface area contributed by atoms with Crippen molar-refractivity contribution >= 4 is 7.60 Å². The van der Waals surface area contributed by atoms with Gasteiger partial charge in [0, 0.05) is 6.66 Å². The van der Waals surface area contributed by atoms with Gasteiger partial charge in [-0.25, -0.2) is 0 Å². The van der Waals surface area contributed by atoms with Crippen LogP contribution < -0.4 is 5.73 Å². The summed E-state index contributed by atoms with van der Waals surface area (Å²) in [6.07, 6.45) is 0.379. The lowest BCUT2D eigenvalue weighted by molar-refractivity contribution is 0.186. The molecule has 0 saturated heterocycles. The van der Waals surface area contributed by atoms with Crippen molar-refractivity contribution in [3.8, 4) is 0 Å². The fourth-order valence-corrected chi connectivity index (χ4v) is 1.39. The lowest BCUT2D eigenvalue weighted by atomic mass is 10.3. The molecule has 0 aromatic heterocycles. The molecule has 3 N–H and O–H groups in total. The van der Waals surface area contributed by atoms with Crippen molar-refractivity contribution in [3.05, 3.63) is 0 Å². The molecule has 0 bridgehead atoms. The second-order valence-corrected chi connectivity index (χ2v) is 4.11. The van der Waals surface area contributed by atoms with Gasteiger partial charge < -0.3 is 15.2 Å². The molecule has 4 nitrogen and oxygen atoms in total. The summed E-state index contributed by atoms with van der Waals surface area (Å²) in [4.78, 5) is 8.71. The topological polar surface area (TPSA) is 72.5 Å². The second-order valence-electron chi connectivity index (χ2n) is 2.30. The summed E-state index contributed by atoms with van der Waals surface area (Å²) >= 11 is 0. The van der Waals surface area contributed by atoms with E-state index in [4.69, 9.17) is 15.2 Å². The van der Waals surface area contributed by atoms with Crippen LogP contribution in [0.4, 0.5) is 0 Å². The van der Waals surface area contributed by atoms with Gasteiger partial charge >= 0.3 is 7.60 Å². The minimum atomic E-state index is -3.31. The van der Waals surface area contributed by atoms with Crippen LogP contribution in [0.1, 0.15) is 13.3 Å². The van der Waals surface area contributed by atoms with Gasteiger partial charge in [-0.15, -0.1) is 0 Å². The van der Waals surface area contributed by atoms with E-state index in [-0.39, 0.29) is 6.10 Å². The molecule has 0 rings (SSSR count). The van der Waals surface area contributed by atoms with Crippen molar-refractivity contribution in [2.45, 2.75) is 19.4 Å². The molecular formula is C5H14NO3P. The molecule has 0 amide bonds. The van der Waals surface area contributed by atoms with Crippen LogP contribution in [0.3, 0.4) is 0 Å². The summed E-state index contributed by atoms with van der Waals surface area (Å²) in [6.45, 7) is 3.36. The molecule has 0 heterocycles. The quantitative estimate of drug-likeness (QED) is 0.600. The molecule has 0 aliphatic rings. The maximum absolute atomic E-state index is 10.6. The van der Waals surface area contributed by atoms with E-state index in [0.717, 1.165) is 0 Å². The molecule has 10 heavy (non-hydrogen) atoms. The average molecular weight is 167 g/mol. The highest BCUT2D eigenvalue weighted by Gasteiger charge is 2.14. The van der Waals surface area contributed by atoms with E-state index in [1.807, 2.05) is 0 Å². The molecule has 62 valence electrons. The highest BCUT2D eigenvalue weighted by atomic mass is 31.2. The van der Waals surface area contributed by atoms with E-state index in [1.165, 1.54) is 6.66 Å². The summed E-state index contributed by atoms with van der Waals surface area (Å²) in [5.74, 6) is 0. The van der Waals surface area contributed by atoms with Crippen molar-refractivity contribution in [2.24, 2.45) is 5.73 Å². The maximum Gasteiger partial charge on any atom is 0.325 e. The summed E-state index contributed by atoms with van der Waals surface area (Å²) in [7, 11) is -3.31. The maximum atomic E-state index is 10.6. The summed E-state index contributed by atoms with van der Waals surface area (Å²) in [6, 6.07) is 0. The number of hydrogen-bond donors (Lipinski definition) is 2. The van der Waals surface area contributed by atoms with Crippen molar-refractivity contribution < 1.29 is 14.0 Å². The van der Waals surface area contributed by atoms with Gasteiger partial charge in [-0.2, -0.15) is 0 Å². The standard InChI is InChI=1S/C5H14NO3P/c1-5(3-4-6)9-10(2,7)8/h5H,3-4,6H2,1-2H3,(H,7,8). The van der Waals surface area contributed by atoms with E-state index in [2.05, 4.69) is 0 Å². The fraction of sp³-hybridized carbons (Fsp3) is 1.00. The molecule has 2 atom stereocenters. The van der Waals surface area contributed by atoms with Gasteiger partial charge in [-0.1, -0.05) is 0 Å². The molecule has 0 aromatic rings. The Hall–Kier alpha value is 0.110. The van der Waals surface area contributed by atoms with Gasteiger partial charge in [0.2, 0.25) is 0 Å². The fourth-order valence-electron chi connectivity index (χ4n) is 0.621. The van der Waals surface area contributed by atoms with Crippen molar-refractivity contribution in [2.75, 3.05) is 13.2 Å². The van der Waals surface area contributed by atoms with Gasteiger partial charge in [0.1, 0.15) is 0 Å². The predicted octanol–water partition coefficient (Wildman–Crippen LogP) is 0.555. The van der Waals surface area contributed by atoms with Crippen LogP contribution in [0.25, 0.3) is 0 Å². The number of hydrogen-bond acceptors (Lipinski definition) is 3. The largest absolute Gasteiger partial charge is 0.330 e. The molecule has 0 aliphatic heterocycles. The predicted molar refractivity (Wildman–Crippen MR) is 40.0 cm³/mol. The molecule has 0 aliphatic carbocycles. The highest BCUT2D eigenvalue weighted by molar-refractivity contribution is 7.51. The summed E-state index contributed by atoms with van der Waals surface area (Å²) in [5, 5.41) is 0. The van der Waals surface area contributed by atoms with Crippen molar-refractivity contribution in [3.63, 3.8) is 0 Å². The lowest BCUT2D eigenvalue weighted by Crippen LogP contribution is -2.12. The first-order valence-electron chi connectivity index (χ1n) is 3.14. The van der Waals surface area contributed by atoms with E-state index >= 15 is 0 Å². The average Bonchev–Trinajstić information content (AvgIpc) is 1.59. The molecule has 0 aromatic carbocycles. The molecular weight excluding hydrogens is 153 g/mol. The van der Waals surface area contributed by atoms with Crippen LogP contribution in [-0.4, -0.2) is 24.2 Å². The van der Waals surface area contributed by atoms with Crippen molar-refractivity contribution in [1.82, 2.24) is 0 Å². The Morgan fingerprint density at radius 3 is 2.60 bits per heavy atom. The first-order chi connectivity index (χ1) is 4.45. The Kier molecular flexibility index (Phi) is 4.13. The van der Waals surface area contributed by atoms with Gasteiger partial charge in [-0.05, 0) is 19.9 Å². The summed E-state index contributed by atoms with van der Waals surface area (Å²) in [5.41, 5.74) is 5.20. The molecule has 0 spiro atoms. The van der Waals surface area contributed by atoms with Crippen LogP contribution in [0.5, 0.6) is 0 Å². The molecule has 5 heteroatoms. The van der Waals surface area contributed by atoms with Crippen LogP contribution in [0.15, 0.2) is 0 Å². The Morgan fingerprint density at radius 1 is 1.80 bits per heavy atom. The SMILES string of the molecule is CC(CCN)OP(C)(=O)O. The zero-order valence-electron chi connectivity index (χ0n) is 6.28. The Bertz CT molecular complexity index is 133. The lowest BCUT2D eigenvalue weighted by Gasteiger charge is -2.13. The van der Waals surface area contributed by atoms with Crippen LogP contribution in [0, 0.1) is 0 Å². The third kappa shape index (κ3) is 6.23. The van der Waals surface area contributed by atoms with Gasteiger partial charge in [0.05, 0.1) is 6.10 Å². The third-order valence-corrected chi connectivity index (χ3v) is 1.70. The van der Waals surface area contributed by atoms with Crippen LogP contribution in [0.2, 0.25) is 0 Å².